The van der Waals surface area contributed by atoms with E-state index in [0.717, 1.165) is 46.8 Å². The number of nitrogens with two attached hydrogens (primary N) is 1. The molecule has 1 unspecified atom stereocenters. The maximum absolute atomic E-state index is 13.0. The minimum Gasteiger partial charge on any atom is -0.365 e. The van der Waals surface area contributed by atoms with Crippen molar-refractivity contribution in [2.24, 2.45) is 11.7 Å². The van der Waals surface area contributed by atoms with Crippen molar-refractivity contribution in [3.05, 3.63) is 79.6 Å². The predicted octanol–water partition coefficient (Wildman–Crippen LogP) is 5.66. The Morgan fingerprint density at radius 3 is 2.76 bits per heavy atom. The highest BCUT2D eigenvalue weighted by atomic mass is 32.1. The average molecular weight is 490 g/mol. The largest absolute Gasteiger partial charge is 0.365 e. The molecule has 2 amide bonds. The van der Waals surface area contributed by atoms with Crippen LogP contribution in [0.3, 0.4) is 0 Å². The first-order valence-electron chi connectivity index (χ1n) is 11.5. The van der Waals surface area contributed by atoms with Crippen molar-refractivity contribution in [3.8, 4) is 0 Å². The van der Waals surface area contributed by atoms with Crippen molar-refractivity contribution in [1.29, 1.82) is 0 Å². The number of rotatable bonds is 6. The maximum atomic E-state index is 13.0. The Morgan fingerprint density at radius 2 is 1.94 bits per heavy atom. The summed E-state index contributed by atoms with van der Waals surface area (Å²) < 4.78 is 0. The highest BCUT2D eigenvalue weighted by Gasteiger charge is 2.27. The van der Waals surface area contributed by atoms with Gasteiger partial charge in [0.25, 0.3) is 5.91 Å². The number of thiophene rings is 1. The van der Waals surface area contributed by atoms with Crippen LogP contribution < -0.4 is 11.1 Å². The van der Waals surface area contributed by atoms with E-state index < -0.39 is 5.91 Å². The number of fused-ring (bicyclic) bond motifs is 2. The van der Waals surface area contributed by atoms with Crippen molar-refractivity contribution in [2.45, 2.75) is 46.0 Å². The van der Waals surface area contributed by atoms with E-state index in [1.807, 2.05) is 13.0 Å². The molecule has 0 radical (unpaired) electrons. The van der Waals surface area contributed by atoms with Crippen LogP contribution in [0.4, 0.5) is 5.00 Å². The highest BCUT2D eigenvalue weighted by Crippen LogP contribution is 2.39. The van der Waals surface area contributed by atoms with Gasteiger partial charge in [0.1, 0.15) is 5.00 Å². The number of nitrogens with zero attached hydrogens (tertiary/aromatic N) is 1. The number of hydrogen-bond donors (Lipinski definition) is 2. The van der Waals surface area contributed by atoms with Crippen molar-refractivity contribution < 1.29 is 9.59 Å². The second-order valence-electron chi connectivity index (χ2n) is 9.08. The number of aromatic nitrogens is 1. The smallest absolute Gasteiger partial charge is 0.251 e. The average Bonchev–Trinajstić information content (AvgIpc) is 3.32. The second kappa shape index (κ2) is 9.31. The Labute approximate surface area is 207 Å². The van der Waals surface area contributed by atoms with Crippen LogP contribution in [0.2, 0.25) is 0 Å². The molecule has 0 saturated heterocycles. The van der Waals surface area contributed by atoms with Gasteiger partial charge >= 0.3 is 0 Å². The molecular weight excluding hydrogens is 462 g/mol. The molecule has 4 aromatic rings. The fourth-order valence-electron chi connectivity index (χ4n) is 4.75. The van der Waals surface area contributed by atoms with Crippen LogP contribution >= 0.6 is 22.7 Å². The summed E-state index contributed by atoms with van der Waals surface area (Å²) in [4.78, 5) is 32.0. The van der Waals surface area contributed by atoms with E-state index in [1.54, 1.807) is 11.3 Å². The Kier molecular flexibility index (Phi) is 6.23. The number of carbonyl (C=O) groups is 2. The van der Waals surface area contributed by atoms with E-state index in [4.69, 9.17) is 10.7 Å². The standard InChI is InChI=1S/C27H27N3O2S2/c1-15-10-11-20-22(12-15)34-27(25(20)26(28)32)30-23(31)14-21-16(2)29-24(33-21)13-18-8-5-7-17-6-3-4-9-19(17)18/h3-9,15H,10-14H2,1-2H3,(H2,28,32)(H,30,31). The van der Waals surface area contributed by atoms with Crippen molar-refractivity contribution in [1.82, 2.24) is 4.98 Å². The molecule has 0 spiro atoms. The van der Waals surface area contributed by atoms with E-state index in [9.17, 15) is 9.59 Å². The highest BCUT2D eigenvalue weighted by molar-refractivity contribution is 7.17. The van der Waals surface area contributed by atoms with Gasteiger partial charge in [-0.1, -0.05) is 49.4 Å². The van der Waals surface area contributed by atoms with Crippen molar-refractivity contribution in [3.63, 3.8) is 0 Å². The number of aryl methyl sites for hydroxylation is 1. The molecule has 0 bridgehead atoms. The summed E-state index contributed by atoms with van der Waals surface area (Å²) in [6.45, 7) is 4.17. The van der Waals surface area contributed by atoms with Crippen LogP contribution in [-0.4, -0.2) is 16.8 Å². The molecule has 1 atom stereocenters. The molecule has 174 valence electrons. The first kappa shape index (κ1) is 22.7. The minimum absolute atomic E-state index is 0.141. The van der Waals surface area contributed by atoms with Crippen LogP contribution in [0, 0.1) is 12.8 Å². The quantitative estimate of drug-likeness (QED) is 0.366. The van der Waals surface area contributed by atoms with Gasteiger partial charge in [-0.2, -0.15) is 0 Å². The van der Waals surface area contributed by atoms with Crippen molar-refractivity contribution >= 4 is 50.3 Å². The number of nitrogens with one attached hydrogen (secondary N) is 1. The first-order chi connectivity index (χ1) is 16.4. The lowest BCUT2D eigenvalue weighted by Crippen LogP contribution is -2.20. The maximum Gasteiger partial charge on any atom is 0.251 e. The topological polar surface area (TPSA) is 85.1 Å². The first-order valence-corrected chi connectivity index (χ1v) is 13.2. The summed E-state index contributed by atoms with van der Waals surface area (Å²) in [5, 5.41) is 7.01. The predicted molar refractivity (Wildman–Crippen MR) is 140 cm³/mol. The third-order valence-electron chi connectivity index (χ3n) is 6.49. The van der Waals surface area contributed by atoms with Crippen LogP contribution in [0.5, 0.6) is 0 Å². The fourth-order valence-corrected chi connectivity index (χ4v) is 7.28. The lowest BCUT2D eigenvalue weighted by Gasteiger charge is -2.18. The van der Waals surface area contributed by atoms with Gasteiger partial charge in [-0.25, -0.2) is 4.98 Å². The van der Waals surface area contributed by atoms with Gasteiger partial charge in [-0.05, 0) is 54.0 Å². The number of benzene rings is 2. The lowest BCUT2D eigenvalue weighted by molar-refractivity contribution is -0.115. The number of hydrogen-bond acceptors (Lipinski definition) is 5. The third-order valence-corrected chi connectivity index (χ3v) is 8.82. The van der Waals surface area contributed by atoms with Crippen LogP contribution in [0.15, 0.2) is 42.5 Å². The Bertz CT molecular complexity index is 1400. The van der Waals surface area contributed by atoms with Gasteiger partial charge < -0.3 is 11.1 Å². The molecule has 7 heteroatoms. The minimum atomic E-state index is -0.464. The van der Waals surface area contributed by atoms with Gasteiger partial charge in [0.15, 0.2) is 0 Å². The van der Waals surface area contributed by atoms with Crippen LogP contribution in [0.25, 0.3) is 10.8 Å². The molecule has 3 N–H and O–H groups in total. The van der Waals surface area contributed by atoms with Crippen LogP contribution in [0.1, 0.15) is 55.3 Å². The molecule has 2 aromatic heterocycles. The molecule has 5 rings (SSSR count). The van der Waals surface area contributed by atoms with E-state index >= 15 is 0 Å². The van der Waals surface area contributed by atoms with E-state index in [2.05, 4.69) is 48.6 Å². The number of primary amides is 1. The van der Waals surface area contributed by atoms with Gasteiger partial charge in [-0.3, -0.25) is 9.59 Å². The number of carbonyl (C=O) groups excluding carboxylic acids is 2. The summed E-state index contributed by atoms with van der Waals surface area (Å²) in [5.41, 5.74) is 9.33. The zero-order chi connectivity index (χ0) is 23.8. The molecule has 1 aliphatic rings. The Balaban J connectivity index is 1.33. The zero-order valence-corrected chi connectivity index (χ0v) is 20.9. The van der Waals surface area contributed by atoms with Crippen LogP contribution in [-0.2, 0) is 30.5 Å². The molecule has 2 aromatic carbocycles. The number of thiazole rings is 1. The molecule has 34 heavy (non-hydrogen) atoms. The van der Waals surface area contributed by atoms with Gasteiger partial charge in [-0.15, -0.1) is 22.7 Å². The number of anilines is 1. The molecule has 0 saturated carbocycles. The molecule has 2 heterocycles. The lowest BCUT2D eigenvalue weighted by atomic mass is 9.88. The van der Waals surface area contributed by atoms with E-state index in [0.29, 0.717) is 16.5 Å². The third kappa shape index (κ3) is 4.50. The van der Waals surface area contributed by atoms with Gasteiger partial charge in [0.2, 0.25) is 5.91 Å². The molecule has 5 nitrogen and oxygen atoms in total. The summed E-state index contributed by atoms with van der Waals surface area (Å²) in [5.74, 6) is -0.0262. The number of amides is 2. The summed E-state index contributed by atoms with van der Waals surface area (Å²) in [6.07, 6.45) is 3.78. The van der Waals surface area contributed by atoms with E-state index in [-0.39, 0.29) is 12.3 Å². The summed E-state index contributed by atoms with van der Waals surface area (Å²) in [7, 11) is 0. The van der Waals surface area contributed by atoms with E-state index in [1.165, 1.54) is 32.5 Å². The fraction of sp³-hybridized carbons (Fsp3) is 0.296. The molecule has 1 aliphatic carbocycles. The second-order valence-corrected chi connectivity index (χ2v) is 11.3. The Morgan fingerprint density at radius 1 is 1.15 bits per heavy atom. The SMILES string of the molecule is Cc1nc(Cc2cccc3ccccc23)sc1CC(=O)Nc1sc2c(c1C(N)=O)CCC(C)C2. The molecular formula is C27H27N3O2S2. The summed E-state index contributed by atoms with van der Waals surface area (Å²) in [6, 6.07) is 14.7. The Hall–Kier alpha value is -3.03. The van der Waals surface area contributed by atoms with Gasteiger partial charge in [0, 0.05) is 16.2 Å². The zero-order valence-electron chi connectivity index (χ0n) is 19.3. The van der Waals surface area contributed by atoms with Crippen molar-refractivity contribution in [2.75, 3.05) is 5.32 Å². The molecule has 0 fully saturated rings. The molecule has 0 aliphatic heterocycles. The monoisotopic (exact) mass is 489 g/mol. The normalized spacial score (nSPS) is 15.3. The summed E-state index contributed by atoms with van der Waals surface area (Å²) >= 11 is 3.08. The van der Waals surface area contributed by atoms with Gasteiger partial charge in [0.05, 0.1) is 22.7 Å².